The summed E-state index contributed by atoms with van der Waals surface area (Å²) in [6, 6.07) is 7.64. The summed E-state index contributed by atoms with van der Waals surface area (Å²) in [4.78, 5) is 26.0. The number of benzene rings is 2. The summed E-state index contributed by atoms with van der Waals surface area (Å²) in [6.45, 7) is 5.10. The van der Waals surface area contributed by atoms with Crippen LogP contribution in [0.5, 0.6) is 11.5 Å². The van der Waals surface area contributed by atoms with Crippen molar-refractivity contribution in [3.8, 4) is 11.5 Å². The topological polar surface area (TPSA) is 103 Å². The molecule has 2 aromatic rings. The number of ether oxygens (including phenoxy) is 3. The number of nitro benzene ring substituents is 1. The highest BCUT2D eigenvalue weighted by molar-refractivity contribution is 9.10. The van der Waals surface area contributed by atoms with Crippen LogP contribution in [0.1, 0.15) is 28.9 Å². The lowest BCUT2D eigenvalue weighted by atomic mass is 10.1. The number of fused-ring (bicyclic) bond motifs is 1. The molecule has 0 aromatic heterocycles. The van der Waals surface area contributed by atoms with E-state index in [1.54, 1.807) is 6.07 Å². The lowest BCUT2D eigenvalue weighted by molar-refractivity contribution is -0.384. The van der Waals surface area contributed by atoms with E-state index in [4.69, 9.17) is 14.2 Å². The Morgan fingerprint density at radius 1 is 1.13 bits per heavy atom. The zero-order chi connectivity index (χ0) is 22.0. The van der Waals surface area contributed by atoms with Gasteiger partial charge in [0.2, 0.25) is 0 Å². The average Bonchev–Trinajstić information content (AvgIpc) is 2.78. The van der Waals surface area contributed by atoms with Crippen LogP contribution in [0.25, 0.3) is 0 Å². The number of hydrogen-bond acceptors (Lipinski definition) is 7. The van der Waals surface area contributed by atoms with E-state index in [-0.39, 0.29) is 23.2 Å². The molecule has 1 fully saturated rings. The summed E-state index contributed by atoms with van der Waals surface area (Å²) in [5, 5.41) is 14.3. The minimum absolute atomic E-state index is 0.129. The summed E-state index contributed by atoms with van der Waals surface area (Å²) in [7, 11) is 0. The summed E-state index contributed by atoms with van der Waals surface area (Å²) in [5.41, 5.74) is 1.60. The molecule has 0 bridgehead atoms. The molecule has 0 radical (unpaired) electrons. The number of hydrogen-bond donors (Lipinski definition) is 1. The van der Waals surface area contributed by atoms with Crippen molar-refractivity contribution < 1.29 is 23.9 Å². The van der Waals surface area contributed by atoms with Crippen molar-refractivity contribution in [1.82, 2.24) is 5.32 Å². The Balaban J connectivity index is 1.61. The largest absolute Gasteiger partial charge is 0.486 e. The lowest BCUT2D eigenvalue weighted by Gasteiger charge is -2.30. The molecule has 0 spiro atoms. The molecule has 10 heteroatoms. The Morgan fingerprint density at radius 3 is 2.48 bits per heavy atom. The molecular weight excluding hydrogens is 470 g/mol. The van der Waals surface area contributed by atoms with Crippen molar-refractivity contribution in [2.24, 2.45) is 0 Å². The first-order valence-electron chi connectivity index (χ1n) is 9.95. The molecule has 9 nitrogen and oxygen atoms in total. The molecule has 2 aromatic carbocycles. The number of carbonyl (C=O) groups excluding carboxylic acids is 1. The van der Waals surface area contributed by atoms with Gasteiger partial charge in [-0.3, -0.25) is 14.9 Å². The van der Waals surface area contributed by atoms with Crippen LogP contribution in [0.15, 0.2) is 34.8 Å². The number of nitrogens with one attached hydrogen (secondary N) is 1. The van der Waals surface area contributed by atoms with Gasteiger partial charge in [-0.15, -0.1) is 0 Å². The normalized spacial score (nSPS) is 16.5. The maximum Gasteiger partial charge on any atom is 0.270 e. The van der Waals surface area contributed by atoms with Crippen molar-refractivity contribution in [3.63, 3.8) is 0 Å². The van der Waals surface area contributed by atoms with E-state index >= 15 is 0 Å². The van der Waals surface area contributed by atoms with E-state index in [1.165, 1.54) is 12.1 Å². The lowest BCUT2D eigenvalue weighted by Crippen LogP contribution is -2.38. The van der Waals surface area contributed by atoms with E-state index in [0.717, 1.165) is 10.0 Å². The number of nitrogens with zero attached hydrogens (tertiary/aromatic N) is 2. The number of carbonyl (C=O) groups is 1. The van der Waals surface area contributed by atoms with E-state index in [1.807, 2.05) is 24.0 Å². The van der Waals surface area contributed by atoms with Crippen molar-refractivity contribution in [2.45, 2.75) is 13.0 Å². The van der Waals surface area contributed by atoms with Crippen molar-refractivity contribution >= 4 is 33.2 Å². The minimum Gasteiger partial charge on any atom is -0.486 e. The van der Waals surface area contributed by atoms with Crippen LogP contribution >= 0.6 is 15.9 Å². The minimum atomic E-state index is -0.499. The van der Waals surface area contributed by atoms with Crippen LogP contribution in [0.2, 0.25) is 0 Å². The molecule has 1 saturated heterocycles. The molecule has 1 amide bonds. The Labute approximate surface area is 187 Å². The Morgan fingerprint density at radius 2 is 1.81 bits per heavy atom. The first kappa shape index (κ1) is 21.4. The number of anilines is 1. The first-order chi connectivity index (χ1) is 14.9. The van der Waals surface area contributed by atoms with Crippen molar-refractivity contribution in [3.05, 3.63) is 56.0 Å². The molecule has 4 rings (SSSR count). The average molecular weight is 492 g/mol. The molecular formula is C21H22BrN3O6. The number of amides is 1. The monoisotopic (exact) mass is 491 g/mol. The van der Waals surface area contributed by atoms with Gasteiger partial charge in [-0.25, -0.2) is 0 Å². The Hall–Kier alpha value is -2.85. The molecule has 1 N–H and O–H groups in total. The van der Waals surface area contributed by atoms with E-state index in [2.05, 4.69) is 21.2 Å². The van der Waals surface area contributed by atoms with Gasteiger partial charge in [0.25, 0.3) is 11.6 Å². The summed E-state index contributed by atoms with van der Waals surface area (Å²) < 4.78 is 17.4. The number of rotatable bonds is 5. The quantitative estimate of drug-likeness (QED) is 0.504. The van der Waals surface area contributed by atoms with Crippen LogP contribution < -0.4 is 19.7 Å². The summed E-state index contributed by atoms with van der Waals surface area (Å²) >= 11 is 3.53. The molecule has 2 aliphatic rings. The Bertz CT molecular complexity index is 1010. The third-order valence-corrected chi connectivity index (χ3v) is 5.95. The fourth-order valence-corrected chi connectivity index (χ4v) is 4.33. The molecule has 1 unspecified atom stereocenters. The maximum atomic E-state index is 13.2. The highest BCUT2D eigenvalue weighted by Crippen LogP contribution is 2.38. The summed E-state index contributed by atoms with van der Waals surface area (Å²) in [6.07, 6.45) is 0. The predicted octanol–water partition coefficient (Wildman–Crippen LogP) is 3.46. The molecule has 31 heavy (non-hydrogen) atoms. The molecule has 164 valence electrons. The van der Waals surface area contributed by atoms with E-state index < -0.39 is 4.92 Å². The fraction of sp³-hybridized carbons (Fsp3) is 0.381. The van der Waals surface area contributed by atoms with Gasteiger partial charge in [-0.2, -0.15) is 0 Å². The van der Waals surface area contributed by atoms with Gasteiger partial charge in [0.1, 0.15) is 13.2 Å². The maximum absolute atomic E-state index is 13.2. The van der Waals surface area contributed by atoms with Crippen molar-refractivity contribution in [2.75, 3.05) is 44.4 Å². The second-order valence-electron chi connectivity index (χ2n) is 7.27. The van der Waals surface area contributed by atoms with Crippen molar-refractivity contribution in [1.29, 1.82) is 0 Å². The van der Waals surface area contributed by atoms with Crippen LogP contribution in [-0.2, 0) is 4.74 Å². The van der Waals surface area contributed by atoms with Gasteiger partial charge in [-0.05, 0) is 30.7 Å². The van der Waals surface area contributed by atoms with Gasteiger partial charge in [-0.1, -0.05) is 15.9 Å². The second-order valence-corrected chi connectivity index (χ2v) is 8.12. The highest BCUT2D eigenvalue weighted by atomic mass is 79.9. The Kier molecular flexibility index (Phi) is 6.28. The third kappa shape index (κ3) is 4.59. The molecule has 1 atom stereocenters. The third-order valence-electron chi connectivity index (χ3n) is 5.26. The van der Waals surface area contributed by atoms with Gasteiger partial charge >= 0.3 is 0 Å². The van der Waals surface area contributed by atoms with Crippen LogP contribution in [0, 0.1) is 10.1 Å². The van der Waals surface area contributed by atoms with Gasteiger partial charge in [0.05, 0.1) is 35.4 Å². The number of halogens is 1. The van der Waals surface area contributed by atoms with E-state index in [9.17, 15) is 14.9 Å². The predicted molar refractivity (Wildman–Crippen MR) is 117 cm³/mol. The molecule has 0 saturated carbocycles. The first-order valence-corrected chi connectivity index (χ1v) is 10.7. The summed E-state index contributed by atoms with van der Waals surface area (Å²) in [5.74, 6) is 0.878. The standard InChI is InChI=1S/C21H22BrN3O6/c1-13(15-11-19-20(12-17(15)22)31-9-8-30-19)23-21(26)16-10-14(25(27)28)2-3-18(16)24-4-6-29-7-5-24/h2-3,10-13H,4-9H2,1H3,(H,23,26). The van der Waals surface area contributed by atoms with Gasteiger partial charge < -0.3 is 24.4 Å². The molecule has 0 aliphatic carbocycles. The fourth-order valence-electron chi connectivity index (χ4n) is 3.66. The van der Waals surface area contributed by atoms with Crippen LogP contribution in [0.3, 0.4) is 0 Å². The number of non-ortho nitro benzene ring substituents is 1. The SMILES string of the molecule is CC(NC(=O)c1cc([N+](=O)[O-])ccc1N1CCOCC1)c1cc2c(cc1Br)OCCO2. The molecule has 2 heterocycles. The van der Waals surface area contributed by atoms with Gasteiger partial charge in [0.15, 0.2) is 11.5 Å². The van der Waals surface area contributed by atoms with Crippen LogP contribution in [-0.4, -0.2) is 50.3 Å². The molecule has 2 aliphatic heterocycles. The smallest absolute Gasteiger partial charge is 0.270 e. The number of nitro groups is 1. The van der Waals surface area contributed by atoms with E-state index in [0.29, 0.717) is 56.7 Å². The zero-order valence-electron chi connectivity index (χ0n) is 16.9. The highest BCUT2D eigenvalue weighted by Gasteiger charge is 2.25. The number of morpholine rings is 1. The van der Waals surface area contributed by atoms with Crippen LogP contribution in [0.4, 0.5) is 11.4 Å². The second kappa shape index (κ2) is 9.11. The van der Waals surface area contributed by atoms with Gasteiger partial charge in [0, 0.05) is 29.7 Å². The zero-order valence-corrected chi connectivity index (χ0v) is 18.5.